The smallest absolute Gasteiger partial charge is 0.226 e. The van der Waals surface area contributed by atoms with E-state index in [1.807, 2.05) is 0 Å². The van der Waals surface area contributed by atoms with Crippen molar-refractivity contribution in [2.24, 2.45) is 0 Å². The van der Waals surface area contributed by atoms with Crippen LogP contribution in [0.2, 0.25) is 5.02 Å². The van der Waals surface area contributed by atoms with Gasteiger partial charge in [0.2, 0.25) is 5.79 Å². The summed E-state index contributed by atoms with van der Waals surface area (Å²) >= 11 is 5.99. The molecule has 0 aliphatic rings. The van der Waals surface area contributed by atoms with E-state index in [0.717, 1.165) is 0 Å². The maximum Gasteiger partial charge on any atom is 0.226 e. The van der Waals surface area contributed by atoms with Crippen LogP contribution in [-0.4, -0.2) is 35.7 Å². The highest BCUT2D eigenvalue weighted by Crippen LogP contribution is 2.40. The molecule has 25 heavy (non-hydrogen) atoms. The molecule has 6 nitrogen and oxygen atoms in total. The molecule has 0 aliphatic carbocycles. The average Bonchev–Trinajstić information content (AvgIpc) is 2.62. The fraction of sp³-hybridized carbons (Fsp3) is 0.389. The van der Waals surface area contributed by atoms with Gasteiger partial charge in [0.15, 0.2) is 6.29 Å². The van der Waals surface area contributed by atoms with Gasteiger partial charge in [0.25, 0.3) is 0 Å². The molecule has 1 heterocycles. The molecular formula is C18H22ClNO5. The molecule has 0 bridgehead atoms. The average molecular weight is 368 g/mol. The molecule has 2 atom stereocenters. The second kappa shape index (κ2) is 8.12. The molecule has 136 valence electrons. The van der Waals surface area contributed by atoms with Crippen molar-refractivity contribution in [1.82, 2.24) is 4.98 Å². The van der Waals surface area contributed by atoms with Crippen molar-refractivity contribution in [1.29, 1.82) is 0 Å². The summed E-state index contributed by atoms with van der Waals surface area (Å²) in [5.41, 5.74) is 1.66. The highest BCUT2D eigenvalue weighted by Gasteiger charge is 2.41. The molecular weight excluding hydrogens is 346 g/mol. The Balaban J connectivity index is 2.74. The minimum absolute atomic E-state index is 0.107. The van der Waals surface area contributed by atoms with Crippen molar-refractivity contribution in [2.75, 3.05) is 14.2 Å². The summed E-state index contributed by atoms with van der Waals surface area (Å²) < 4.78 is 17.0. The zero-order valence-electron chi connectivity index (χ0n) is 14.6. The van der Waals surface area contributed by atoms with Crippen molar-refractivity contribution in [3.05, 3.63) is 57.9 Å². The summed E-state index contributed by atoms with van der Waals surface area (Å²) in [4.78, 5) is 4.19. The first kappa shape index (κ1) is 19.6. The van der Waals surface area contributed by atoms with Gasteiger partial charge in [-0.15, -0.1) is 0 Å². The largest absolute Gasteiger partial charge is 0.506 e. The first-order chi connectivity index (χ1) is 11.9. The van der Waals surface area contributed by atoms with Crippen LogP contribution in [0, 0.1) is 6.92 Å². The van der Waals surface area contributed by atoms with Crippen LogP contribution in [0.1, 0.15) is 29.3 Å². The Kier molecular flexibility index (Phi) is 6.37. The van der Waals surface area contributed by atoms with E-state index in [2.05, 4.69) is 4.98 Å². The highest BCUT2D eigenvalue weighted by atomic mass is 35.5. The van der Waals surface area contributed by atoms with Gasteiger partial charge in [0.1, 0.15) is 5.75 Å². The number of aromatic hydroxyl groups is 1. The predicted octanol–water partition coefficient (Wildman–Crippen LogP) is 3.10. The fourth-order valence-corrected chi connectivity index (χ4v) is 2.73. The molecule has 7 heteroatoms. The fourth-order valence-electron chi connectivity index (χ4n) is 2.60. The maximum atomic E-state index is 10.3. The zero-order valence-corrected chi connectivity index (χ0v) is 15.4. The van der Waals surface area contributed by atoms with E-state index in [1.165, 1.54) is 20.4 Å². The molecule has 2 rings (SSSR count). The number of aromatic nitrogens is 1. The van der Waals surface area contributed by atoms with Crippen molar-refractivity contribution >= 4 is 11.6 Å². The standard InChI is InChI=1S/C18H22ClNO5/c1-11-17(22)15(10-21)16(9-20-11)18(24-4,25-12(2)23-3)13-5-7-14(19)8-6-13/h5-9,12,21-22H,10H2,1-4H3. The number of hydrogen-bond acceptors (Lipinski definition) is 6. The molecule has 0 amide bonds. The lowest BCUT2D eigenvalue weighted by Gasteiger charge is -2.36. The van der Waals surface area contributed by atoms with Gasteiger partial charge in [-0.05, 0) is 26.0 Å². The van der Waals surface area contributed by atoms with Crippen LogP contribution in [0.3, 0.4) is 0 Å². The summed E-state index contributed by atoms with van der Waals surface area (Å²) in [7, 11) is 2.97. The van der Waals surface area contributed by atoms with E-state index in [1.54, 1.807) is 38.1 Å². The molecule has 0 saturated carbocycles. The summed E-state index contributed by atoms with van der Waals surface area (Å²) in [6, 6.07) is 6.88. The molecule has 0 aliphatic heterocycles. The third-order valence-corrected chi connectivity index (χ3v) is 4.28. The number of pyridine rings is 1. The first-order valence-corrected chi connectivity index (χ1v) is 8.08. The van der Waals surface area contributed by atoms with Crippen LogP contribution in [0.5, 0.6) is 5.75 Å². The van der Waals surface area contributed by atoms with Gasteiger partial charge < -0.3 is 24.4 Å². The monoisotopic (exact) mass is 367 g/mol. The summed E-state index contributed by atoms with van der Waals surface area (Å²) in [5.74, 6) is -1.56. The highest BCUT2D eigenvalue weighted by molar-refractivity contribution is 6.30. The van der Waals surface area contributed by atoms with Crippen LogP contribution in [0.25, 0.3) is 0 Å². The van der Waals surface area contributed by atoms with Gasteiger partial charge in [-0.25, -0.2) is 0 Å². The van der Waals surface area contributed by atoms with Gasteiger partial charge in [-0.2, -0.15) is 0 Å². The zero-order chi connectivity index (χ0) is 18.6. The van der Waals surface area contributed by atoms with Crippen molar-refractivity contribution in [3.8, 4) is 5.75 Å². The van der Waals surface area contributed by atoms with Crippen LogP contribution in [0.4, 0.5) is 0 Å². The predicted molar refractivity (Wildman–Crippen MR) is 93.4 cm³/mol. The Morgan fingerprint density at radius 3 is 2.40 bits per heavy atom. The van der Waals surface area contributed by atoms with Crippen LogP contribution >= 0.6 is 11.6 Å². The molecule has 1 aromatic heterocycles. The van der Waals surface area contributed by atoms with Crippen LogP contribution < -0.4 is 0 Å². The number of nitrogens with zero attached hydrogens (tertiary/aromatic N) is 1. The number of ether oxygens (including phenoxy) is 3. The number of halogens is 1. The number of methoxy groups -OCH3 is 2. The Hall–Kier alpha value is -1.70. The van der Waals surface area contributed by atoms with Crippen LogP contribution in [0.15, 0.2) is 30.5 Å². The quantitative estimate of drug-likeness (QED) is 0.732. The number of rotatable bonds is 7. The van der Waals surface area contributed by atoms with Gasteiger partial charge in [0, 0.05) is 42.1 Å². The Bertz CT molecular complexity index is 722. The minimum Gasteiger partial charge on any atom is -0.506 e. The molecule has 0 radical (unpaired) electrons. The number of aliphatic hydroxyl groups is 1. The lowest BCUT2D eigenvalue weighted by atomic mass is 9.93. The lowest BCUT2D eigenvalue weighted by Crippen LogP contribution is -2.38. The van der Waals surface area contributed by atoms with E-state index < -0.39 is 18.7 Å². The van der Waals surface area contributed by atoms with E-state index in [-0.39, 0.29) is 11.3 Å². The van der Waals surface area contributed by atoms with Crippen molar-refractivity contribution in [2.45, 2.75) is 32.5 Å². The van der Waals surface area contributed by atoms with Gasteiger partial charge in [-0.1, -0.05) is 23.7 Å². The van der Waals surface area contributed by atoms with Crippen molar-refractivity contribution < 1.29 is 24.4 Å². The van der Waals surface area contributed by atoms with Gasteiger partial charge in [0.05, 0.1) is 12.3 Å². The molecule has 1 aromatic carbocycles. The number of aliphatic hydroxyl groups excluding tert-OH is 1. The SMILES string of the molecule is COC(C)OC(OC)(c1ccc(Cl)cc1)c1cnc(C)c(O)c1CO. The maximum absolute atomic E-state index is 10.3. The minimum atomic E-state index is -1.45. The molecule has 2 unspecified atom stereocenters. The summed E-state index contributed by atoms with van der Waals surface area (Å²) in [6.45, 7) is 2.95. The van der Waals surface area contributed by atoms with Gasteiger partial charge in [-0.3, -0.25) is 4.98 Å². The number of aryl methyl sites for hydroxylation is 1. The third-order valence-electron chi connectivity index (χ3n) is 4.03. The lowest BCUT2D eigenvalue weighted by molar-refractivity contribution is -0.278. The molecule has 0 fully saturated rings. The second-order valence-electron chi connectivity index (χ2n) is 5.49. The van der Waals surface area contributed by atoms with Crippen molar-refractivity contribution in [3.63, 3.8) is 0 Å². The number of hydrogen-bond donors (Lipinski definition) is 2. The van der Waals surface area contributed by atoms with E-state index >= 15 is 0 Å². The number of benzene rings is 1. The Morgan fingerprint density at radius 1 is 1.24 bits per heavy atom. The van der Waals surface area contributed by atoms with Crippen LogP contribution in [-0.2, 0) is 26.6 Å². The van der Waals surface area contributed by atoms with E-state index in [0.29, 0.717) is 21.8 Å². The van der Waals surface area contributed by atoms with Gasteiger partial charge >= 0.3 is 0 Å². The third kappa shape index (κ3) is 3.78. The second-order valence-corrected chi connectivity index (χ2v) is 5.93. The summed E-state index contributed by atoms with van der Waals surface area (Å²) in [5, 5.41) is 20.7. The Morgan fingerprint density at radius 2 is 1.88 bits per heavy atom. The molecule has 2 N–H and O–H groups in total. The topological polar surface area (TPSA) is 81.0 Å². The first-order valence-electron chi connectivity index (χ1n) is 7.70. The normalized spacial score (nSPS) is 15.0. The van der Waals surface area contributed by atoms with E-state index in [9.17, 15) is 10.2 Å². The molecule has 2 aromatic rings. The summed E-state index contributed by atoms with van der Waals surface area (Å²) in [6.07, 6.45) is 0.881. The molecule has 0 spiro atoms. The van der Waals surface area contributed by atoms with E-state index in [4.69, 9.17) is 25.8 Å². The molecule has 0 saturated heterocycles. The Labute approximate surface area is 151 Å².